The number of carbonyl (C=O) groups is 1. The monoisotopic (exact) mass is 176 g/mol. The highest BCUT2D eigenvalue weighted by molar-refractivity contribution is 5.70. The van der Waals surface area contributed by atoms with E-state index in [0.717, 1.165) is 12.7 Å². The summed E-state index contributed by atoms with van der Waals surface area (Å²) in [4.78, 5) is 14.4. The largest absolute Gasteiger partial charge is 0.330 e. The van der Waals surface area contributed by atoms with Gasteiger partial charge in [-0.2, -0.15) is 0 Å². The van der Waals surface area contributed by atoms with E-state index in [1.165, 1.54) is 12.8 Å². The Hall–Kier alpha value is -1.38. The lowest BCUT2D eigenvalue weighted by Crippen LogP contribution is -2.06. The van der Waals surface area contributed by atoms with Gasteiger partial charge < -0.3 is 4.57 Å². The molecule has 0 saturated carbocycles. The quantitative estimate of drug-likeness (QED) is 0.510. The molecule has 1 heterocycles. The van der Waals surface area contributed by atoms with Crippen LogP contribution >= 0.6 is 0 Å². The summed E-state index contributed by atoms with van der Waals surface area (Å²) in [7, 11) is 0. The molecule has 0 N–H and O–H groups in total. The van der Waals surface area contributed by atoms with Gasteiger partial charge in [-0.25, -0.2) is 4.98 Å². The second-order valence-electron chi connectivity index (χ2n) is 3.29. The fraction of sp³-hybridized carbons (Fsp3) is 0.400. The molecule has 3 heteroatoms. The zero-order valence-corrected chi connectivity index (χ0v) is 7.39. The van der Waals surface area contributed by atoms with Gasteiger partial charge in [-0.1, -0.05) is 12.2 Å². The van der Waals surface area contributed by atoms with Gasteiger partial charge in [0.15, 0.2) is 6.29 Å². The molecule has 0 bridgehead atoms. The summed E-state index contributed by atoms with van der Waals surface area (Å²) in [5.74, 6) is 0. The van der Waals surface area contributed by atoms with E-state index in [4.69, 9.17) is 0 Å². The minimum Gasteiger partial charge on any atom is -0.330 e. The minimum absolute atomic E-state index is 0.398. The molecular weight excluding hydrogens is 164 g/mol. The second kappa shape index (κ2) is 3.56. The minimum atomic E-state index is 0.398. The predicted octanol–water partition coefficient (Wildman–Crippen LogP) is 1.98. The summed E-state index contributed by atoms with van der Waals surface area (Å²) >= 11 is 0. The SMILES string of the molecule is O=Cc1cn(C2C=CCCC2)cn1. The summed E-state index contributed by atoms with van der Waals surface area (Å²) in [6.07, 6.45) is 12.2. The number of imidazole rings is 1. The van der Waals surface area contributed by atoms with E-state index in [-0.39, 0.29) is 0 Å². The number of nitrogens with zero attached hydrogens (tertiary/aromatic N) is 2. The van der Waals surface area contributed by atoms with Gasteiger partial charge in [-0.15, -0.1) is 0 Å². The zero-order chi connectivity index (χ0) is 9.10. The Morgan fingerprint density at radius 1 is 1.62 bits per heavy atom. The van der Waals surface area contributed by atoms with Gasteiger partial charge in [0.2, 0.25) is 0 Å². The van der Waals surface area contributed by atoms with E-state index in [2.05, 4.69) is 17.1 Å². The van der Waals surface area contributed by atoms with Crippen LogP contribution in [0.1, 0.15) is 35.8 Å². The van der Waals surface area contributed by atoms with Crippen LogP contribution in [0, 0.1) is 0 Å². The number of carbonyl (C=O) groups excluding carboxylic acids is 1. The molecule has 2 rings (SSSR count). The molecule has 1 aliphatic rings. The molecule has 0 radical (unpaired) electrons. The van der Waals surface area contributed by atoms with E-state index < -0.39 is 0 Å². The summed E-state index contributed by atoms with van der Waals surface area (Å²) in [5.41, 5.74) is 0.513. The van der Waals surface area contributed by atoms with Gasteiger partial charge >= 0.3 is 0 Å². The van der Waals surface area contributed by atoms with E-state index in [1.54, 1.807) is 12.5 Å². The Morgan fingerprint density at radius 2 is 2.54 bits per heavy atom. The van der Waals surface area contributed by atoms with Crippen LogP contribution in [0.2, 0.25) is 0 Å². The molecule has 1 aromatic heterocycles. The number of allylic oxidation sites excluding steroid dienone is 2. The topological polar surface area (TPSA) is 34.9 Å². The number of hydrogen-bond acceptors (Lipinski definition) is 2. The van der Waals surface area contributed by atoms with Gasteiger partial charge in [-0.05, 0) is 19.3 Å². The van der Waals surface area contributed by atoms with Crippen molar-refractivity contribution in [1.82, 2.24) is 9.55 Å². The molecule has 1 atom stereocenters. The number of aromatic nitrogens is 2. The van der Waals surface area contributed by atoms with Gasteiger partial charge in [0, 0.05) is 6.20 Å². The third-order valence-electron chi connectivity index (χ3n) is 2.35. The van der Waals surface area contributed by atoms with Crippen LogP contribution < -0.4 is 0 Å². The molecule has 0 spiro atoms. The molecule has 1 unspecified atom stereocenters. The third-order valence-corrected chi connectivity index (χ3v) is 2.35. The molecule has 1 aliphatic carbocycles. The van der Waals surface area contributed by atoms with Crippen LogP contribution in [0.3, 0.4) is 0 Å². The molecule has 0 saturated heterocycles. The van der Waals surface area contributed by atoms with Crippen molar-refractivity contribution >= 4 is 6.29 Å². The summed E-state index contributed by atoms with van der Waals surface area (Å²) in [5, 5.41) is 0. The first-order valence-corrected chi connectivity index (χ1v) is 4.55. The van der Waals surface area contributed by atoms with Crippen LogP contribution in [0.4, 0.5) is 0 Å². The zero-order valence-electron chi connectivity index (χ0n) is 7.39. The first-order chi connectivity index (χ1) is 6.40. The van der Waals surface area contributed by atoms with Crippen LogP contribution in [0.15, 0.2) is 24.7 Å². The third kappa shape index (κ3) is 1.69. The number of aldehydes is 1. The standard InChI is InChI=1S/C10H12N2O/c13-7-9-6-12(8-11-9)10-4-2-1-3-5-10/h2,4,6-8,10H,1,3,5H2. The summed E-state index contributed by atoms with van der Waals surface area (Å²) < 4.78 is 2.00. The van der Waals surface area contributed by atoms with Crippen molar-refractivity contribution in [3.63, 3.8) is 0 Å². The molecule has 13 heavy (non-hydrogen) atoms. The van der Waals surface area contributed by atoms with Crippen molar-refractivity contribution < 1.29 is 4.79 Å². The average molecular weight is 176 g/mol. The highest BCUT2D eigenvalue weighted by atomic mass is 16.1. The number of hydrogen-bond donors (Lipinski definition) is 0. The Bertz CT molecular complexity index is 327. The maximum Gasteiger partial charge on any atom is 0.169 e. The van der Waals surface area contributed by atoms with E-state index >= 15 is 0 Å². The lowest BCUT2D eigenvalue weighted by atomic mass is 10.0. The van der Waals surface area contributed by atoms with Crippen LogP contribution in [0.5, 0.6) is 0 Å². The average Bonchev–Trinajstić information content (AvgIpc) is 2.67. The highest BCUT2D eigenvalue weighted by Crippen LogP contribution is 2.21. The van der Waals surface area contributed by atoms with E-state index in [9.17, 15) is 4.79 Å². The highest BCUT2D eigenvalue weighted by Gasteiger charge is 2.10. The van der Waals surface area contributed by atoms with Gasteiger partial charge in [-0.3, -0.25) is 4.79 Å². The summed E-state index contributed by atoms with van der Waals surface area (Å²) in [6, 6.07) is 0.398. The van der Waals surface area contributed by atoms with E-state index in [0.29, 0.717) is 11.7 Å². The maximum atomic E-state index is 10.4. The van der Waals surface area contributed by atoms with Crippen molar-refractivity contribution in [1.29, 1.82) is 0 Å². The fourth-order valence-electron chi connectivity index (χ4n) is 1.64. The van der Waals surface area contributed by atoms with Crippen molar-refractivity contribution in [3.8, 4) is 0 Å². The number of rotatable bonds is 2. The van der Waals surface area contributed by atoms with Crippen molar-refractivity contribution in [3.05, 3.63) is 30.4 Å². The predicted molar refractivity (Wildman–Crippen MR) is 49.6 cm³/mol. The van der Waals surface area contributed by atoms with Crippen molar-refractivity contribution in [2.24, 2.45) is 0 Å². The van der Waals surface area contributed by atoms with Gasteiger partial charge in [0.05, 0.1) is 12.4 Å². The summed E-state index contributed by atoms with van der Waals surface area (Å²) in [6.45, 7) is 0. The fourth-order valence-corrected chi connectivity index (χ4v) is 1.64. The Kier molecular flexibility index (Phi) is 2.25. The molecule has 0 aromatic carbocycles. The van der Waals surface area contributed by atoms with Gasteiger partial charge in [0.1, 0.15) is 5.69 Å². The molecule has 0 fully saturated rings. The molecule has 0 amide bonds. The Balaban J connectivity index is 2.19. The van der Waals surface area contributed by atoms with Crippen molar-refractivity contribution in [2.75, 3.05) is 0 Å². The van der Waals surface area contributed by atoms with Crippen LogP contribution in [-0.4, -0.2) is 15.8 Å². The second-order valence-corrected chi connectivity index (χ2v) is 3.29. The Labute approximate surface area is 77.1 Å². The maximum absolute atomic E-state index is 10.4. The Morgan fingerprint density at radius 3 is 3.15 bits per heavy atom. The first-order valence-electron chi connectivity index (χ1n) is 4.55. The molecule has 0 aliphatic heterocycles. The van der Waals surface area contributed by atoms with Crippen molar-refractivity contribution in [2.45, 2.75) is 25.3 Å². The molecule has 3 nitrogen and oxygen atoms in total. The smallest absolute Gasteiger partial charge is 0.169 e. The van der Waals surface area contributed by atoms with Crippen LogP contribution in [0.25, 0.3) is 0 Å². The lowest BCUT2D eigenvalue weighted by Gasteiger charge is -2.16. The van der Waals surface area contributed by atoms with E-state index in [1.807, 2.05) is 4.57 Å². The first kappa shape index (κ1) is 8.23. The molecule has 1 aromatic rings. The lowest BCUT2D eigenvalue weighted by molar-refractivity contribution is 0.111. The molecule has 68 valence electrons. The van der Waals surface area contributed by atoms with Crippen LogP contribution in [-0.2, 0) is 0 Å². The van der Waals surface area contributed by atoms with Gasteiger partial charge in [0.25, 0.3) is 0 Å². The molecular formula is C10H12N2O. The normalized spacial score (nSPS) is 21.7.